The third-order valence-electron chi connectivity index (χ3n) is 7.66. The van der Waals surface area contributed by atoms with E-state index in [1.165, 1.54) is 4.90 Å². The van der Waals surface area contributed by atoms with Gasteiger partial charge in [0.1, 0.15) is 0 Å². The van der Waals surface area contributed by atoms with Gasteiger partial charge in [-0.25, -0.2) is 5.48 Å². The fourth-order valence-corrected chi connectivity index (χ4v) is 6.12. The number of hydroxylamine groups is 1. The maximum absolute atomic E-state index is 12.2. The Morgan fingerprint density at radius 3 is 2.24 bits per heavy atom. The number of amides is 2. The highest BCUT2D eigenvalue weighted by Crippen LogP contribution is 2.40. The Kier molecular flexibility index (Phi) is 11.8. The Hall–Kier alpha value is -3.99. The maximum Gasteiger partial charge on any atom is 0.243 e. The van der Waals surface area contributed by atoms with Gasteiger partial charge in [0.25, 0.3) is 0 Å². The molecule has 4 aromatic carbocycles. The van der Waals surface area contributed by atoms with Crippen molar-refractivity contribution in [1.82, 2.24) is 10.8 Å². The van der Waals surface area contributed by atoms with Gasteiger partial charge in [-0.2, -0.15) is 0 Å². The fraction of sp³-hybridized carbons (Fsp3) is 0.278. The summed E-state index contributed by atoms with van der Waals surface area (Å²) in [5.41, 5.74) is 7.46. The first-order valence-corrected chi connectivity index (χ1v) is 16.1. The van der Waals surface area contributed by atoms with Crippen LogP contribution in [0.15, 0.2) is 108 Å². The number of aliphatic hydroxyl groups excluding tert-OH is 1. The van der Waals surface area contributed by atoms with Crippen LogP contribution < -0.4 is 10.8 Å². The molecule has 5 rings (SSSR count). The summed E-state index contributed by atoms with van der Waals surface area (Å²) < 4.78 is 13.0. The molecular formula is C36H38N2O6S. The van der Waals surface area contributed by atoms with Gasteiger partial charge in [0.15, 0.2) is 6.29 Å². The number of benzene rings is 4. The number of carbonyl (C=O) groups excluding carboxylic acids is 2. The number of ether oxygens (including phenoxy) is 2. The van der Waals surface area contributed by atoms with Gasteiger partial charge in [-0.15, -0.1) is 11.8 Å². The van der Waals surface area contributed by atoms with E-state index in [0.717, 1.165) is 45.6 Å². The van der Waals surface area contributed by atoms with Crippen molar-refractivity contribution in [3.63, 3.8) is 0 Å². The summed E-state index contributed by atoms with van der Waals surface area (Å²) in [6, 6.07) is 34.4. The van der Waals surface area contributed by atoms with Gasteiger partial charge >= 0.3 is 0 Å². The molecule has 2 amide bonds. The fourth-order valence-electron chi connectivity index (χ4n) is 5.18. The van der Waals surface area contributed by atoms with E-state index in [1.54, 1.807) is 17.2 Å². The molecule has 0 aliphatic carbocycles. The number of carbonyl (C=O) groups is 2. The first-order chi connectivity index (χ1) is 22.0. The summed E-state index contributed by atoms with van der Waals surface area (Å²) in [7, 11) is 0. The van der Waals surface area contributed by atoms with Gasteiger partial charge in [0.2, 0.25) is 11.8 Å². The molecule has 3 unspecified atom stereocenters. The molecule has 4 N–H and O–H groups in total. The van der Waals surface area contributed by atoms with Crippen LogP contribution >= 0.6 is 11.8 Å². The van der Waals surface area contributed by atoms with Crippen molar-refractivity contribution in [2.24, 2.45) is 0 Å². The molecule has 234 valence electrons. The minimum atomic E-state index is -0.526. The van der Waals surface area contributed by atoms with Gasteiger partial charge < -0.3 is 19.9 Å². The second-order valence-corrected chi connectivity index (χ2v) is 12.1. The Balaban J connectivity index is 1.24. The number of aliphatic hydroxyl groups is 1. The van der Waals surface area contributed by atoms with Gasteiger partial charge in [-0.1, -0.05) is 84.9 Å². The molecule has 8 nitrogen and oxygen atoms in total. The van der Waals surface area contributed by atoms with E-state index in [-0.39, 0.29) is 37.6 Å². The minimum Gasteiger partial charge on any atom is -0.392 e. The van der Waals surface area contributed by atoms with Crippen molar-refractivity contribution in [3.8, 4) is 11.1 Å². The molecule has 0 saturated carbocycles. The predicted molar refractivity (Wildman–Crippen MR) is 173 cm³/mol. The zero-order chi connectivity index (χ0) is 31.4. The minimum absolute atomic E-state index is 0.00512. The van der Waals surface area contributed by atoms with Crippen LogP contribution in [0.3, 0.4) is 0 Å². The second-order valence-electron chi connectivity index (χ2n) is 11.0. The summed E-state index contributed by atoms with van der Waals surface area (Å²) in [5.74, 6) is 0.151. The van der Waals surface area contributed by atoms with E-state index in [1.807, 2.05) is 78.9 Å². The molecule has 0 aromatic heterocycles. The van der Waals surface area contributed by atoms with E-state index < -0.39 is 12.2 Å². The third-order valence-corrected chi connectivity index (χ3v) is 8.80. The Morgan fingerprint density at radius 1 is 0.778 bits per heavy atom. The summed E-state index contributed by atoms with van der Waals surface area (Å²) >= 11 is 1.77. The standard InChI is InChI=1S/C36H38N2O6S/c39-23-25-12-14-28(15-13-25)33-21-31(24-45-32-8-2-1-3-9-32)43-36(44-33)29-18-16-27(17-19-29)30-7-4-6-26(20-30)22-37-34(40)10-5-11-35(41)38-42/h1-4,6-9,12-20,31,33,36,39,42H,5,10-11,21-24H2,(H,37,40)(H,38,41). The zero-order valence-corrected chi connectivity index (χ0v) is 25.7. The lowest BCUT2D eigenvalue weighted by Crippen LogP contribution is -2.31. The number of rotatable bonds is 13. The van der Waals surface area contributed by atoms with Crippen molar-refractivity contribution in [3.05, 3.63) is 125 Å². The Morgan fingerprint density at radius 2 is 1.51 bits per heavy atom. The molecule has 1 fully saturated rings. The average Bonchev–Trinajstić information content (AvgIpc) is 3.10. The lowest BCUT2D eigenvalue weighted by molar-refractivity contribution is -0.245. The third kappa shape index (κ3) is 9.50. The van der Waals surface area contributed by atoms with Crippen LogP contribution in [0.25, 0.3) is 11.1 Å². The van der Waals surface area contributed by atoms with Gasteiger partial charge in [0.05, 0.1) is 18.8 Å². The van der Waals surface area contributed by atoms with Gasteiger partial charge in [-0.3, -0.25) is 14.8 Å². The zero-order valence-electron chi connectivity index (χ0n) is 24.9. The molecule has 1 aliphatic rings. The highest BCUT2D eigenvalue weighted by molar-refractivity contribution is 7.99. The van der Waals surface area contributed by atoms with E-state index in [9.17, 15) is 14.7 Å². The normalized spacial score (nSPS) is 17.9. The molecule has 0 spiro atoms. The van der Waals surface area contributed by atoms with Crippen LogP contribution in [0.5, 0.6) is 0 Å². The van der Waals surface area contributed by atoms with E-state index in [0.29, 0.717) is 13.0 Å². The predicted octanol–water partition coefficient (Wildman–Crippen LogP) is 6.48. The van der Waals surface area contributed by atoms with Crippen LogP contribution in [0.1, 0.15) is 60.3 Å². The number of hydrogen-bond acceptors (Lipinski definition) is 7. The Labute approximate surface area is 267 Å². The van der Waals surface area contributed by atoms with Crippen LogP contribution in [0, 0.1) is 0 Å². The Bertz CT molecular complexity index is 1530. The summed E-state index contributed by atoms with van der Waals surface area (Å²) in [6.45, 7) is 0.384. The highest BCUT2D eigenvalue weighted by atomic mass is 32.2. The first-order valence-electron chi connectivity index (χ1n) is 15.1. The van der Waals surface area contributed by atoms with Gasteiger partial charge in [-0.05, 0) is 52.4 Å². The van der Waals surface area contributed by atoms with Crippen molar-refractivity contribution in [1.29, 1.82) is 0 Å². The van der Waals surface area contributed by atoms with Crippen LogP contribution in [-0.2, 0) is 32.2 Å². The molecular weight excluding hydrogens is 588 g/mol. The van der Waals surface area contributed by atoms with Crippen LogP contribution in [0.2, 0.25) is 0 Å². The summed E-state index contributed by atoms with van der Waals surface area (Å²) in [4.78, 5) is 24.5. The molecule has 4 aromatic rings. The van der Waals surface area contributed by atoms with Crippen LogP contribution in [-0.4, -0.2) is 34.0 Å². The van der Waals surface area contributed by atoms with E-state index >= 15 is 0 Å². The molecule has 45 heavy (non-hydrogen) atoms. The summed E-state index contributed by atoms with van der Waals surface area (Å²) in [5, 5.41) is 20.9. The van der Waals surface area contributed by atoms with Crippen molar-refractivity contribution < 1.29 is 29.4 Å². The smallest absolute Gasteiger partial charge is 0.243 e. The van der Waals surface area contributed by atoms with E-state index in [4.69, 9.17) is 14.7 Å². The monoisotopic (exact) mass is 626 g/mol. The highest BCUT2D eigenvalue weighted by Gasteiger charge is 2.32. The topological polar surface area (TPSA) is 117 Å². The average molecular weight is 627 g/mol. The van der Waals surface area contributed by atoms with Crippen molar-refractivity contribution >= 4 is 23.6 Å². The van der Waals surface area contributed by atoms with Crippen molar-refractivity contribution in [2.45, 2.75) is 62.2 Å². The molecule has 9 heteroatoms. The first kappa shape index (κ1) is 32.4. The van der Waals surface area contributed by atoms with Gasteiger partial charge in [0, 0.05) is 42.0 Å². The maximum atomic E-state index is 12.2. The number of thioether (sulfide) groups is 1. The van der Waals surface area contributed by atoms with Crippen molar-refractivity contribution in [2.75, 3.05) is 5.75 Å². The lowest BCUT2D eigenvalue weighted by Gasteiger charge is -2.36. The molecule has 1 saturated heterocycles. The SMILES string of the molecule is O=C(CCCC(=O)NCc1cccc(-c2ccc(C3OC(CSc4ccccc4)CC(c4ccc(CO)cc4)O3)cc2)c1)NO. The number of hydrogen-bond donors (Lipinski definition) is 4. The summed E-state index contributed by atoms with van der Waals surface area (Å²) in [6.07, 6.45) is 0.711. The second kappa shape index (κ2) is 16.4. The van der Waals surface area contributed by atoms with E-state index in [2.05, 4.69) is 29.6 Å². The largest absolute Gasteiger partial charge is 0.392 e. The lowest BCUT2D eigenvalue weighted by atomic mass is 9.99. The molecule has 3 atom stereocenters. The molecule has 1 aliphatic heterocycles. The molecule has 0 bridgehead atoms. The molecule has 0 radical (unpaired) electrons. The quantitative estimate of drug-likeness (QED) is 0.0763. The molecule has 1 heterocycles. The van der Waals surface area contributed by atoms with Crippen LogP contribution in [0.4, 0.5) is 0 Å². The number of nitrogens with one attached hydrogen (secondary N) is 2.